The van der Waals surface area contributed by atoms with Gasteiger partial charge in [0.2, 0.25) is 5.91 Å². The number of likely N-dealkylation sites (N-methyl/N-ethyl adjacent to an activating group) is 1. The summed E-state index contributed by atoms with van der Waals surface area (Å²) in [7, 11) is 0. The van der Waals surface area contributed by atoms with Crippen molar-refractivity contribution < 1.29 is 22.8 Å². The molecule has 3 aromatic rings. The maximum absolute atomic E-state index is 13.9. The van der Waals surface area contributed by atoms with Crippen molar-refractivity contribution in [3.05, 3.63) is 111 Å². The molecule has 2 aliphatic rings. The average molecular weight is 583 g/mol. The van der Waals surface area contributed by atoms with Crippen LogP contribution >= 0.6 is 15.9 Å². The fourth-order valence-corrected chi connectivity index (χ4v) is 5.30. The van der Waals surface area contributed by atoms with Gasteiger partial charge in [-0.3, -0.25) is 14.6 Å². The predicted molar refractivity (Wildman–Crippen MR) is 139 cm³/mol. The van der Waals surface area contributed by atoms with Gasteiger partial charge in [0, 0.05) is 23.9 Å². The molecule has 0 saturated heterocycles. The summed E-state index contributed by atoms with van der Waals surface area (Å²) >= 11 is 3.37. The van der Waals surface area contributed by atoms with Crippen LogP contribution in [-0.2, 0) is 11.0 Å². The molecule has 0 saturated carbocycles. The molecule has 0 aliphatic carbocycles. The maximum Gasteiger partial charge on any atom is 0.416 e. The number of nitrogens with one attached hydrogen (secondary N) is 1. The molecule has 6 nitrogen and oxygen atoms in total. The largest absolute Gasteiger partial charge is 0.416 e. The molecule has 194 valence electrons. The van der Waals surface area contributed by atoms with Gasteiger partial charge in [0.1, 0.15) is 16.7 Å². The van der Waals surface area contributed by atoms with Gasteiger partial charge < -0.3 is 10.2 Å². The summed E-state index contributed by atoms with van der Waals surface area (Å²) in [6.07, 6.45) is -2.90. The quantitative estimate of drug-likeness (QED) is 0.393. The summed E-state index contributed by atoms with van der Waals surface area (Å²) in [6.45, 7) is 2.14. The van der Waals surface area contributed by atoms with Crippen LogP contribution in [0.25, 0.3) is 0 Å². The van der Waals surface area contributed by atoms with Gasteiger partial charge in [-0.25, -0.2) is 4.98 Å². The maximum atomic E-state index is 13.9. The number of pyridine rings is 1. The normalized spacial score (nSPS) is 21.0. The number of hydrogen-bond donors (Lipinski definition) is 1. The van der Waals surface area contributed by atoms with Crippen LogP contribution in [0.2, 0.25) is 0 Å². The molecule has 10 heteroatoms. The van der Waals surface area contributed by atoms with Crippen LogP contribution in [0.4, 0.5) is 13.2 Å². The zero-order chi connectivity index (χ0) is 27.0. The highest BCUT2D eigenvalue weighted by atomic mass is 79.9. The first-order valence-electron chi connectivity index (χ1n) is 11.9. The molecule has 2 aliphatic heterocycles. The van der Waals surface area contributed by atoms with E-state index in [1.807, 2.05) is 37.3 Å². The molecule has 38 heavy (non-hydrogen) atoms. The highest BCUT2D eigenvalue weighted by Crippen LogP contribution is 2.45. The van der Waals surface area contributed by atoms with Crippen LogP contribution in [0.15, 0.2) is 93.7 Å². The lowest BCUT2D eigenvalue weighted by Gasteiger charge is -2.39. The third-order valence-electron chi connectivity index (χ3n) is 6.63. The minimum Gasteiger partial charge on any atom is -0.339 e. The van der Waals surface area contributed by atoms with E-state index in [0.717, 1.165) is 23.3 Å². The minimum atomic E-state index is -4.61. The third kappa shape index (κ3) is 4.76. The molecule has 3 atom stereocenters. The highest BCUT2D eigenvalue weighted by molar-refractivity contribution is 9.10. The lowest BCUT2D eigenvalue weighted by Crippen LogP contribution is -2.55. The number of benzene rings is 2. The molecule has 1 N–H and O–H groups in total. The number of carbonyl (C=O) groups excluding carboxylic acids is 2. The van der Waals surface area contributed by atoms with Crippen LogP contribution in [0.5, 0.6) is 0 Å². The Labute approximate surface area is 225 Å². The van der Waals surface area contributed by atoms with Crippen molar-refractivity contribution in [3.8, 4) is 0 Å². The van der Waals surface area contributed by atoms with Gasteiger partial charge in [0.05, 0.1) is 22.9 Å². The SMILES string of the molecule is CCN1C(=O)[C@H](NC(=O)c2cccc(C(F)(F)F)c2)[C@@H](c2cccc(Br)n2)C2=C1C(c1ccccc1)N=C2. The molecule has 0 spiro atoms. The Balaban J connectivity index is 1.60. The van der Waals surface area contributed by atoms with E-state index in [1.165, 1.54) is 12.1 Å². The van der Waals surface area contributed by atoms with Crippen molar-refractivity contribution in [2.75, 3.05) is 6.54 Å². The molecule has 1 aromatic heterocycles. The van der Waals surface area contributed by atoms with Crippen molar-refractivity contribution in [2.45, 2.75) is 31.1 Å². The van der Waals surface area contributed by atoms with E-state index in [4.69, 9.17) is 4.99 Å². The second-order valence-corrected chi connectivity index (χ2v) is 9.72. The van der Waals surface area contributed by atoms with Crippen molar-refractivity contribution >= 4 is 34.0 Å². The number of alkyl halides is 3. The number of aliphatic imine (C=N–C) groups is 1. The molecular weight excluding hydrogens is 561 g/mol. The van der Waals surface area contributed by atoms with E-state index in [1.54, 1.807) is 29.3 Å². The Morgan fingerprint density at radius 2 is 1.79 bits per heavy atom. The number of hydrogen-bond acceptors (Lipinski definition) is 4. The molecule has 0 bridgehead atoms. The van der Waals surface area contributed by atoms with Crippen LogP contribution in [-0.4, -0.2) is 40.5 Å². The first-order valence-corrected chi connectivity index (χ1v) is 12.7. The molecule has 3 heterocycles. The Morgan fingerprint density at radius 3 is 2.47 bits per heavy atom. The van der Waals surface area contributed by atoms with Crippen molar-refractivity contribution in [1.29, 1.82) is 0 Å². The standard InChI is InChI=1S/C28H22BrF3N4O2/c1-2-36-25-19(15-33-23(25)16-8-4-3-5-9-16)22(20-12-7-13-21(29)34-20)24(27(36)38)35-26(37)17-10-6-11-18(14-17)28(30,31)32/h3-15,22-24H,2H2,1H3,(H,35,37)/t22-,23?,24-/m1/s1. The second-order valence-electron chi connectivity index (χ2n) is 8.91. The fourth-order valence-electron chi connectivity index (χ4n) is 4.94. The first kappa shape index (κ1) is 25.8. The molecule has 2 aromatic carbocycles. The van der Waals surface area contributed by atoms with Gasteiger partial charge in [-0.2, -0.15) is 13.2 Å². The molecular formula is C28H22BrF3N4O2. The van der Waals surface area contributed by atoms with Gasteiger partial charge in [-0.05, 0) is 58.7 Å². The van der Waals surface area contributed by atoms with Crippen molar-refractivity contribution in [1.82, 2.24) is 15.2 Å². The van der Waals surface area contributed by atoms with E-state index < -0.39 is 35.6 Å². The minimum absolute atomic E-state index is 0.196. The summed E-state index contributed by atoms with van der Waals surface area (Å²) in [5, 5.41) is 2.71. The van der Waals surface area contributed by atoms with Crippen molar-refractivity contribution in [3.63, 3.8) is 0 Å². The number of carbonyl (C=O) groups is 2. The number of rotatable bonds is 5. The molecule has 5 rings (SSSR count). The van der Waals surface area contributed by atoms with Crippen LogP contribution < -0.4 is 5.32 Å². The number of aromatic nitrogens is 1. The Bertz CT molecular complexity index is 1460. The van der Waals surface area contributed by atoms with E-state index >= 15 is 0 Å². The predicted octanol–water partition coefficient (Wildman–Crippen LogP) is 5.69. The summed E-state index contributed by atoms with van der Waals surface area (Å²) in [4.78, 5) is 38.0. The number of nitrogens with zero attached hydrogens (tertiary/aromatic N) is 3. The molecule has 0 fully saturated rings. The summed E-state index contributed by atoms with van der Waals surface area (Å²) in [5.74, 6) is -1.88. The molecule has 1 unspecified atom stereocenters. The Morgan fingerprint density at radius 1 is 1.05 bits per heavy atom. The lowest BCUT2D eigenvalue weighted by atomic mass is 9.81. The van der Waals surface area contributed by atoms with E-state index in [0.29, 0.717) is 22.5 Å². The Hall–Kier alpha value is -3.79. The number of halogens is 4. The fraction of sp³-hybridized carbons (Fsp3) is 0.214. The topological polar surface area (TPSA) is 74.7 Å². The van der Waals surface area contributed by atoms with E-state index in [2.05, 4.69) is 26.2 Å². The van der Waals surface area contributed by atoms with E-state index in [-0.39, 0.29) is 11.5 Å². The van der Waals surface area contributed by atoms with E-state index in [9.17, 15) is 22.8 Å². The molecule has 0 radical (unpaired) electrons. The summed E-state index contributed by atoms with van der Waals surface area (Å²) in [6, 6.07) is 17.4. The first-order chi connectivity index (χ1) is 18.2. The second kappa shape index (κ2) is 10.2. The molecule has 2 amide bonds. The van der Waals surface area contributed by atoms with Gasteiger partial charge >= 0.3 is 6.18 Å². The average Bonchev–Trinajstić information content (AvgIpc) is 3.33. The summed E-state index contributed by atoms with van der Waals surface area (Å²) in [5.41, 5.74) is 1.72. The monoisotopic (exact) mass is 582 g/mol. The smallest absolute Gasteiger partial charge is 0.339 e. The third-order valence-corrected chi connectivity index (χ3v) is 7.08. The Kier molecular flexibility index (Phi) is 6.92. The van der Waals surface area contributed by atoms with Crippen LogP contribution in [0.1, 0.15) is 46.1 Å². The van der Waals surface area contributed by atoms with Crippen LogP contribution in [0.3, 0.4) is 0 Å². The van der Waals surface area contributed by atoms with Crippen molar-refractivity contribution in [2.24, 2.45) is 4.99 Å². The van der Waals surface area contributed by atoms with Gasteiger partial charge in [0.25, 0.3) is 5.91 Å². The zero-order valence-corrected chi connectivity index (χ0v) is 21.7. The highest BCUT2D eigenvalue weighted by Gasteiger charge is 2.47. The zero-order valence-electron chi connectivity index (χ0n) is 20.1. The van der Waals surface area contributed by atoms with Gasteiger partial charge in [0.15, 0.2) is 0 Å². The summed E-state index contributed by atoms with van der Waals surface area (Å²) < 4.78 is 40.3. The van der Waals surface area contributed by atoms with Gasteiger partial charge in [-0.1, -0.05) is 42.5 Å². The van der Waals surface area contributed by atoms with Gasteiger partial charge in [-0.15, -0.1) is 0 Å². The lowest BCUT2D eigenvalue weighted by molar-refractivity contribution is -0.137. The van der Waals surface area contributed by atoms with Crippen LogP contribution in [0, 0.1) is 0 Å². The number of amides is 2.